The first-order chi connectivity index (χ1) is 8.22. The largest absolute Gasteiger partial charge is 0.368 e. The molecule has 2 N–H and O–H groups in total. The Labute approximate surface area is 103 Å². The maximum absolute atomic E-state index is 11.5. The molecule has 1 saturated heterocycles. The van der Waals surface area contributed by atoms with Crippen molar-refractivity contribution in [1.29, 1.82) is 5.26 Å². The molecule has 0 aromatic rings. The number of likely N-dealkylation sites (tertiary alicyclic amines) is 1. The molecule has 2 rings (SSSR count). The van der Waals surface area contributed by atoms with Crippen LogP contribution in [-0.2, 0) is 4.79 Å². The summed E-state index contributed by atoms with van der Waals surface area (Å²) in [4.78, 5) is 13.6. The topological polar surface area (TPSA) is 70.1 Å². The van der Waals surface area contributed by atoms with E-state index in [9.17, 15) is 4.79 Å². The van der Waals surface area contributed by atoms with Crippen molar-refractivity contribution in [3.63, 3.8) is 0 Å². The van der Waals surface area contributed by atoms with E-state index in [2.05, 4.69) is 11.0 Å². The van der Waals surface area contributed by atoms with Gasteiger partial charge in [-0.25, -0.2) is 0 Å². The highest BCUT2D eigenvalue weighted by Crippen LogP contribution is 2.29. The van der Waals surface area contributed by atoms with Gasteiger partial charge in [-0.2, -0.15) is 5.26 Å². The summed E-state index contributed by atoms with van der Waals surface area (Å²) in [5.41, 5.74) is 5.43. The van der Waals surface area contributed by atoms with Crippen molar-refractivity contribution in [1.82, 2.24) is 4.90 Å². The highest BCUT2D eigenvalue weighted by atomic mass is 16.1. The predicted octanol–water partition coefficient (Wildman–Crippen LogP) is 1.27. The third-order valence-corrected chi connectivity index (χ3v) is 4.18. The van der Waals surface area contributed by atoms with Crippen LogP contribution < -0.4 is 5.73 Å². The van der Waals surface area contributed by atoms with Gasteiger partial charge in [-0.1, -0.05) is 19.3 Å². The van der Waals surface area contributed by atoms with E-state index in [4.69, 9.17) is 11.0 Å². The summed E-state index contributed by atoms with van der Waals surface area (Å²) in [6.07, 6.45) is 7.27. The quantitative estimate of drug-likeness (QED) is 0.800. The molecule has 0 aromatic heterocycles. The predicted molar refractivity (Wildman–Crippen MR) is 64.9 cm³/mol. The highest BCUT2D eigenvalue weighted by molar-refractivity contribution is 5.81. The van der Waals surface area contributed by atoms with Crippen LogP contribution >= 0.6 is 0 Å². The minimum absolute atomic E-state index is 0.198. The van der Waals surface area contributed by atoms with Crippen LogP contribution in [0.2, 0.25) is 0 Å². The van der Waals surface area contributed by atoms with Gasteiger partial charge in [-0.05, 0) is 25.2 Å². The summed E-state index contributed by atoms with van der Waals surface area (Å²) in [5.74, 6) is 0.170. The molecule has 4 nitrogen and oxygen atoms in total. The molecule has 1 heterocycles. The highest BCUT2D eigenvalue weighted by Gasteiger charge is 2.38. The van der Waals surface area contributed by atoms with E-state index in [0.717, 1.165) is 19.5 Å². The number of carbonyl (C=O) groups excluding carboxylic acids is 1. The number of nitrogens with two attached hydrogens (primary N) is 1. The first-order valence-corrected chi connectivity index (χ1v) is 6.65. The Bertz CT molecular complexity index is 317. The van der Waals surface area contributed by atoms with E-state index >= 15 is 0 Å². The Kier molecular flexibility index (Phi) is 4.01. The van der Waals surface area contributed by atoms with Crippen molar-refractivity contribution in [2.24, 2.45) is 17.6 Å². The lowest BCUT2D eigenvalue weighted by Crippen LogP contribution is -2.45. The van der Waals surface area contributed by atoms with E-state index in [1.807, 2.05) is 0 Å². The molecule has 2 fully saturated rings. The lowest BCUT2D eigenvalue weighted by molar-refractivity contribution is -0.123. The zero-order valence-electron chi connectivity index (χ0n) is 10.3. The van der Waals surface area contributed by atoms with E-state index in [0.29, 0.717) is 5.92 Å². The Morgan fingerprint density at radius 3 is 2.59 bits per heavy atom. The zero-order chi connectivity index (χ0) is 12.3. The number of nitriles is 1. The fourth-order valence-electron chi connectivity index (χ4n) is 3.28. The van der Waals surface area contributed by atoms with Gasteiger partial charge < -0.3 is 5.73 Å². The van der Waals surface area contributed by atoms with Crippen LogP contribution in [-0.4, -0.2) is 29.9 Å². The maximum atomic E-state index is 11.5. The number of hydrogen-bond donors (Lipinski definition) is 1. The first kappa shape index (κ1) is 12.4. The average molecular weight is 235 g/mol. The lowest BCUT2D eigenvalue weighted by Gasteiger charge is -2.30. The molecule has 4 heteroatoms. The van der Waals surface area contributed by atoms with E-state index in [1.54, 1.807) is 0 Å². The smallest absolute Gasteiger partial charge is 0.236 e. The summed E-state index contributed by atoms with van der Waals surface area (Å²) in [5, 5.41) is 9.02. The average Bonchev–Trinajstić information content (AvgIpc) is 2.73. The van der Waals surface area contributed by atoms with Crippen LogP contribution in [0.4, 0.5) is 0 Å². The van der Waals surface area contributed by atoms with Crippen molar-refractivity contribution in [2.75, 3.05) is 13.1 Å². The fraction of sp³-hybridized carbons (Fsp3) is 0.846. The molecule has 2 aliphatic rings. The maximum Gasteiger partial charge on any atom is 0.236 e. The van der Waals surface area contributed by atoms with Crippen LogP contribution in [0.5, 0.6) is 0 Å². The summed E-state index contributed by atoms with van der Waals surface area (Å²) in [6.45, 7) is 1.80. The van der Waals surface area contributed by atoms with E-state index in [-0.39, 0.29) is 17.9 Å². The van der Waals surface area contributed by atoms with Crippen molar-refractivity contribution in [2.45, 2.75) is 44.6 Å². The molecule has 1 aliphatic heterocycles. The third kappa shape index (κ3) is 2.78. The summed E-state index contributed by atoms with van der Waals surface area (Å²) in [7, 11) is 0. The van der Waals surface area contributed by atoms with Crippen LogP contribution in [0, 0.1) is 23.2 Å². The number of nitrogens with zero attached hydrogens (tertiary/aromatic N) is 2. The number of primary amides is 1. The van der Waals surface area contributed by atoms with Crippen LogP contribution in [0.25, 0.3) is 0 Å². The van der Waals surface area contributed by atoms with Gasteiger partial charge in [0.15, 0.2) is 0 Å². The SMILES string of the molecule is N#CC1CCN(CC2CCCCC2)C1C(N)=O. The molecule has 1 saturated carbocycles. The Morgan fingerprint density at radius 2 is 2.00 bits per heavy atom. The zero-order valence-corrected chi connectivity index (χ0v) is 10.3. The van der Waals surface area contributed by atoms with Gasteiger partial charge in [0.25, 0.3) is 0 Å². The number of rotatable bonds is 3. The van der Waals surface area contributed by atoms with Gasteiger partial charge in [-0.3, -0.25) is 9.69 Å². The molecule has 2 atom stereocenters. The van der Waals surface area contributed by atoms with E-state index in [1.165, 1.54) is 32.1 Å². The molecule has 0 bridgehead atoms. The number of hydrogen-bond acceptors (Lipinski definition) is 3. The molecule has 2 unspecified atom stereocenters. The molecule has 1 amide bonds. The Morgan fingerprint density at radius 1 is 1.29 bits per heavy atom. The third-order valence-electron chi connectivity index (χ3n) is 4.18. The second kappa shape index (κ2) is 5.50. The van der Waals surface area contributed by atoms with E-state index < -0.39 is 0 Å². The second-order valence-electron chi connectivity index (χ2n) is 5.37. The van der Waals surface area contributed by atoms with Gasteiger partial charge in [0.1, 0.15) is 6.04 Å². The normalized spacial score (nSPS) is 31.2. The molecular weight excluding hydrogens is 214 g/mol. The molecule has 17 heavy (non-hydrogen) atoms. The Hall–Kier alpha value is -1.08. The molecule has 0 spiro atoms. The van der Waals surface area contributed by atoms with Gasteiger partial charge in [0.2, 0.25) is 5.91 Å². The fourth-order valence-corrected chi connectivity index (χ4v) is 3.28. The monoisotopic (exact) mass is 235 g/mol. The summed E-state index contributed by atoms with van der Waals surface area (Å²) >= 11 is 0. The van der Waals surface area contributed by atoms with Gasteiger partial charge in [0, 0.05) is 13.1 Å². The van der Waals surface area contributed by atoms with Crippen molar-refractivity contribution in [3.05, 3.63) is 0 Å². The van der Waals surface area contributed by atoms with Crippen molar-refractivity contribution < 1.29 is 4.79 Å². The van der Waals surface area contributed by atoms with Crippen LogP contribution in [0.1, 0.15) is 38.5 Å². The number of amides is 1. The van der Waals surface area contributed by atoms with Crippen LogP contribution in [0.15, 0.2) is 0 Å². The van der Waals surface area contributed by atoms with Gasteiger partial charge in [0.05, 0.1) is 12.0 Å². The number of carbonyl (C=O) groups is 1. The molecular formula is C13H21N3O. The minimum atomic E-state index is -0.345. The van der Waals surface area contributed by atoms with Crippen molar-refractivity contribution in [3.8, 4) is 6.07 Å². The lowest BCUT2D eigenvalue weighted by atomic mass is 9.88. The Balaban J connectivity index is 1.95. The second-order valence-corrected chi connectivity index (χ2v) is 5.37. The van der Waals surface area contributed by atoms with Gasteiger partial charge in [-0.15, -0.1) is 0 Å². The molecule has 94 valence electrons. The standard InChI is InChI=1S/C13H21N3O/c14-8-11-6-7-16(12(11)13(15)17)9-10-4-2-1-3-5-10/h10-12H,1-7,9H2,(H2,15,17). The van der Waals surface area contributed by atoms with Gasteiger partial charge >= 0.3 is 0 Å². The molecule has 1 aliphatic carbocycles. The van der Waals surface area contributed by atoms with Crippen molar-refractivity contribution >= 4 is 5.91 Å². The van der Waals surface area contributed by atoms with Crippen LogP contribution in [0.3, 0.4) is 0 Å². The summed E-state index contributed by atoms with van der Waals surface area (Å²) in [6, 6.07) is 1.87. The summed E-state index contributed by atoms with van der Waals surface area (Å²) < 4.78 is 0. The molecule has 0 radical (unpaired) electrons. The molecule has 0 aromatic carbocycles. The minimum Gasteiger partial charge on any atom is -0.368 e. The first-order valence-electron chi connectivity index (χ1n) is 6.65.